The number of carboxylic acids is 3. The number of ether oxygens (including phenoxy) is 1. The molecule has 114 heavy (non-hydrogen) atoms. The van der Waals surface area contributed by atoms with E-state index in [2.05, 4.69) is 61.1 Å². The first-order valence-electron chi connectivity index (χ1n) is 35.0. The minimum Gasteiger partial charge on any atom is -0.481 e. The van der Waals surface area contributed by atoms with Crippen LogP contribution in [0.1, 0.15) is 135 Å². The number of likely N-dealkylation sites (N-methyl/N-ethyl adjacent to an activating group) is 1. The van der Waals surface area contributed by atoms with Crippen molar-refractivity contribution in [2.75, 3.05) is 54.9 Å². The zero-order valence-corrected chi connectivity index (χ0v) is 67.9. The Morgan fingerprint density at radius 1 is 0.746 bits per heavy atom. The largest absolute Gasteiger partial charge is 0.490 e. The van der Waals surface area contributed by atoms with Gasteiger partial charge in [0.05, 0.1) is 58.3 Å². The molecule has 2 aromatic carbocycles. The highest BCUT2D eigenvalue weighted by Crippen LogP contribution is 2.66. The Morgan fingerprint density at radius 2 is 1.38 bits per heavy atom. The number of carbonyl (C=O) groups is 8. The molecule has 0 spiro atoms. The van der Waals surface area contributed by atoms with Crippen molar-refractivity contribution < 1.29 is 140 Å². The predicted molar refractivity (Wildman–Crippen MR) is 411 cm³/mol. The van der Waals surface area contributed by atoms with Crippen molar-refractivity contribution in [2.45, 2.75) is 169 Å². The smallest absolute Gasteiger partial charge is 0.481 e. The third-order valence-electron chi connectivity index (χ3n) is 18.0. The normalized spacial score (nSPS) is 18.8. The number of amides is 5. The van der Waals surface area contributed by atoms with Crippen LogP contribution in [0.2, 0.25) is 0 Å². The Kier molecular flexibility index (Phi) is 32.6. The molecule has 0 aliphatic carbocycles. The number of carbonyl (C=O) groups excluding carboxylic acids is 5. The lowest BCUT2D eigenvalue weighted by Crippen LogP contribution is -2.52. The summed E-state index contributed by atoms with van der Waals surface area (Å²) >= 11 is 0. The van der Waals surface area contributed by atoms with Gasteiger partial charge in [-0.1, -0.05) is 71.9 Å². The Balaban J connectivity index is 0.958. The van der Waals surface area contributed by atoms with E-state index < -0.39 is 158 Å². The van der Waals surface area contributed by atoms with E-state index in [1.165, 1.54) is 56.6 Å². The van der Waals surface area contributed by atoms with Crippen molar-refractivity contribution in [1.82, 2.24) is 41.1 Å². The second-order valence-corrected chi connectivity index (χ2v) is 36.9. The van der Waals surface area contributed by atoms with E-state index in [-0.39, 0.29) is 88.9 Å². The number of fused-ring (bicyclic) bond motifs is 3. The Labute approximate surface area is 661 Å². The fraction of sp³-hybridized carbons (Fsp3) is 0.478. The van der Waals surface area contributed by atoms with Gasteiger partial charge < -0.3 is 86.5 Å². The van der Waals surface area contributed by atoms with Gasteiger partial charge in [-0.3, -0.25) is 47.2 Å². The molecule has 17 N–H and O–H groups in total. The van der Waals surface area contributed by atoms with Crippen molar-refractivity contribution in [3.05, 3.63) is 102 Å². The second-order valence-electron chi connectivity index (χ2n) is 27.0. The topological polar surface area (TPSA) is 618 Å². The molecular formula is C67H89N11O29P3S4+. The molecule has 8 atom stereocenters. The van der Waals surface area contributed by atoms with E-state index in [1.807, 2.05) is 74.9 Å². The highest BCUT2D eigenvalue weighted by molar-refractivity contribution is 8.76. The fourth-order valence-electron chi connectivity index (χ4n) is 12.6. The van der Waals surface area contributed by atoms with Crippen LogP contribution in [-0.4, -0.2) is 213 Å². The number of hydrogen-bond acceptors (Lipinski definition) is 26. The maximum atomic E-state index is 13.9. The van der Waals surface area contributed by atoms with Crippen LogP contribution in [0.3, 0.4) is 0 Å². The average molecular weight is 1730 g/mol. The number of aliphatic hydroxyl groups excluding tert-OH is 1. The number of nitrogen functional groups attached to an aromatic ring is 1. The van der Waals surface area contributed by atoms with Crippen LogP contribution in [0.4, 0.5) is 17.2 Å². The molecule has 1 saturated heterocycles. The number of aromatic nitrogens is 3. The van der Waals surface area contributed by atoms with Crippen LogP contribution in [0.15, 0.2) is 94.8 Å². The third kappa shape index (κ3) is 26.4. The zero-order valence-electron chi connectivity index (χ0n) is 61.9. The first-order valence-corrected chi connectivity index (χ1v) is 44.9. The number of nitrogens with one attached hydrogen (secondary N) is 5. The number of nitrogens with zero attached hydrogens (tertiary/aromatic N) is 5. The first kappa shape index (κ1) is 92.9. The van der Waals surface area contributed by atoms with Crippen molar-refractivity contribution in [2.24, 2.45) is 0 Å². The summed E-state index contributed by atoms with van der Waals surface area (Å²) in [6, 6.07) is 4.09. The molecule has 3 aliphatic rings. The molecule has 7 rings (SSSR count). The number of nitrogens with two attached hydrogens (primary N) is 1. The molecule has 3 aliphatic heterocycles. The molecule has 1 fully saturated rings. The minimum absolute atomic E-state index is 0.0137. The number of phosphoric acid groups is 3. The highest BCUT2D eigenvalue weighted by Gasteiger charge is 2.47. The maximum Gasteiger partial charge on any atom is 0.490 e. The second kappa shape index (κ2) is 40.0. The lowest BCUT2D eigenvalue weighted by atomic mass is 9.81. The standard InChI is InChI=1S/C67H88N11O29P3S4/c1-6-76-48-24-22-41(113(98,99)100)31-43(48)66(2,3)52(76)18-10-7-11-19-53-67(4,5)44-32-42(114(101,102)103)23-25-49(44)77(53)29-15-9-13-21-56(82)74-47(63(87)70-27-14-8-12-20-55(81)73-45(33-58(83)84)64(88)75-46(65(89)90)34-59(85)86)38-112-111-30-26-54(80)69-28-16-17-40-36-78(62-60(40)61(68)71-39-72-62)57-35-50(79)51(105-57)37-104-109(94,95)107-110(96,97)106-108(91,92)93/h7,10-11,18-19,22-25,31-32,36,39,45-47,50-51,57,79H,6,8-9,12-15,20-21,26-30,33-35,37-38H2,1-5H3,(H15-,68,69,70,71,72,73,74,75,80,81,82,83,84,85,86,87,88,89,90,91,92,93,94,95,96,97,98,99,100,101,102,103)/p+1/t45?,46?,47?,50?,51-,57-/m1/s1. The van der Waals surface area contributed by atoms with Gasteiger partial charge in [0.15, 0.2) is 5.71 Å². The molecule has 40 nitrogen and oxygen atoms in total. The number of hydrogen-bond donors (Lipinski definition) is 16. The van der Waals surface area contributed by atoms with Crippen molar-refractivity contribution in [1.29, 1.82) is 0 Å². The molecule has 2 aromatic heterocycles. The van der Waals surface area contributed by atoms with Gasteiger partial charge in [0, 0.05) is 97.4 Å². The average Bonchev–Trinajstić information content (AvgIpc) is 1.61. The van der Waals surface area contributed by atoms with Gasteiger partial charge >= 0.3 is 41.4 Å². The lowest BCUT2D eigenvalue weighted by Gasteiger charge is -2.25. The number of unbranched alkanes of at least 4 members (excludes halogenated alkanes) is 4. The summed E-state index contributed by atoms with van der Waals surface area (Å²) in [7, 11) is -23.7. The van der Waals surface area contributed by atoms with Gasteiger partial charge in [-0.15, -0.1) is 0 Å². The highest BCUT2D eigenvalue weighted by atomic mass is 33.1. The van der Waals surface area contributed by atoms with Crippen LogP contribution >= 0.6 is 45.1 Å². The van der Waals surface area contributed by atoms with E-state index in [9.17, 15) is 103 Å². The zero-order chi connectivity index (χ0) is 84.5. The minimum atomic E-state index is -5.83. The molecule has 624 valence electrons. The van der Waals surface area contributed by atoms with E-state index in [0.717, 1.165) is 29.0 Å². The Morgan fingerprint density at radius 3 is 2.01 bits per heavy atom. The van der Waals surface area contributed by atoms with Gasteiger partial charge in [0.2, 0.25) is 35.2 Å². The quantitative estimate of drug-likeness (QED) is 0.00557. The summed E-state index contributed by atoms with van der Waals surface area (Å²) in [5.74, 6) is -2.35. The van der Waals surface area contributed by atoms with Crippen molar-refractivity contribution >= 4 is 147 Å². The fourth-order valence-corrected chi connectivity index (χ4v) is 18.8. The maximum absolute atomic E-state index is 13.9. The summed E-state index contributed by atoms with van der Waals surface area (Å²) in [5, 5.41) is 51.2. The number of aliphatic carboxylic acids is 3. The van der Waals surface area contributed by atoms with Crippen LogP contribution in [-0.2, 0) is 101 Å². The van der Waals surface area contributed by atoms with E-state index in [1.54, 1.807) is 12.1 Å². The van der Waals surface area contributed by atoms with Gasteiger partial charge in [-0.2, -0.15) is 30.0 Å². The lowest BCUT2D eigenvalue weighted by molar-refractivity contribution is -0.438. The number of carboxylic acid groups (broad SMARTS) is 3. The molecular weight excluding hydrogens is 1640 g/mol. The third-order valence-corrected chi connectivity index (χ3v) is 25.9. The van der Waals surface area contributed by atoms with Crippen molar-refractivity contribution in [3.8, 4) is 11.8 Å². The monoisotopic (exact) mass is 1730 g/mol. The number of benzene rings is 2. The van der Waals surface area contributed by atoms with Gasteiger partial charge in [0.25, 0.3) is 20.2 Å². The summed E-state index contributed by atoms with van der Waals surface area (Å²) in [6.45, 7) is 9.60. The summed E-state index contributed by atoms with van der Waals surface area (Å²) in [4.78, 5) is 147. The summed E-state index contributed by atoms with van der Waals surface area (Å²) in [5.41, 5.74) is 9.68. The first-order chi connectivity index (χ1) is 53.2. The van der Waals surface area contributed by atoms with Crippen LogP contribution in [0.25, 0.3) is 11.0 Å². The molecule has 5 heterocycles. The summed E-state index contributed by atoms with van der Waals surface area (Å²) in [6.07, 6.45) is 7.78. The number of phosphoric ester groups is 1. The molecule has 0 radical (unpaired) electrons. The molecule has 4 aromatic rings. The Hall–Kier alpha value is -8.28. The molecule has 0 bridgehead atoms. The van der Waals surface area contributed by atoms with E-state index >= 15 is 0 Å². The van der Waals surface area contributed by atoms with Crippen molar-refractivity contribution in [3.63, 3.8) is 0 Å². The van der Waals surface area contributed by atoms with Gasteiger partial charge in [-0.25, -0.2) is 28.5 Å². The molecule has 5 amide bonds. The molecule has 0 saturated carbocycles. The van der Waals surface area contributed by atoms with E-state index in [0.29, 0.717) is 56.4 Å². The number of aliphatic hydroxyl groups is 1. The number of anilines is 2. The summed E-state index contributed by atoms with van der Waals surface area (Å²) < 4.78 is 125. The Bertz CT molecular complexity index is 4910. The van der Waals surface area contributed by atoms with E-state index in [4.69, 9.17) is 25.4 Å². The predicted octanol–water partition coefficient (Wildman–Crippen LogP) is 4.35. The number of rotatable bonds is 43. The number of allylic oxidation sites excluding steroid dienone is 6. The molecule has 47 heteroatoms. The van der Waals surface area contributed by atoms with Crippen LogP contribution in [0, 0.1) is 11.8 Å². The van der Waals surface area contributed by atoms with Gasteiger partial charge in [0.1, 0.15) is 54.8 Å². The van der Waals surface area contributed by atoms with Crippen LogP contribution in [0.5, 0.6) is 0 Å². The SMILES string of the molecule is CCN1C(=CC=CC=CC2=[N+](CCCCCC(=O)NC(CSSCCC(=O)NCC#Cc3cn([C@H]4CC(O)[C@@H](COP(=O)(O)OP(=O)(O)OP(=O)(O)O)O4)c4ncnc(N)c34)C(=O)NCCCCCC(=O)NC(CC(=O)O)C(=O)NC(CC(=O)O)C(=O)O)c3ccc(S(=O)(=O)O)cc3C2(C)C)C(C)(C)c2cc(S(=O)(=O)O)ccc21. The van der Waals surface area contributed by atoms with Gasteiger partial charge in [-0.05, 0) is 88.4 Å². The van der Waals surface area contributed by atoms with Crippen LogP contribution < -0.4 is 37.2 Å². The molecule has 6 unspecified atom stereocenters.